The third kappa shape index (κ3) is 4.39. The predicted molar refractivity (Wildman–Crippen MR) is 136 cm³/mol. The fraction of sp³-hybridized carbons (Fsp3) is 0.321. The van der Waals surface area contributed by atoms with Gasteiger partial charge in [-0.3, -0.25) is 0 Å². The second-order valence-electron chi connectivity index (χ2n) is 9.31. The topological polar surface area (TPSA) is 34.1 Å². The van der Waals surface area contributed by atoms with Gasteiger partial charge in [0.1, 0.15) is 11.5 Å². The quantitative estimate of drug-likeness (QED) is 0.358. The molecule has 2 aliphatic heterocycles. The number of ether oxygens (including phenoxy) is 2. The van der Waals surface area contributed by atoms with E-state index in [1.54, 1.807) is 0 Å². The molecule has 0 fully saturated rings. The number of hydrazone groups is 1. The first kappa shape index (κ1) is 22.0. The Kier molecular flexibility index (Phi) is 5.92. The Balaban J connectivity index is 1.50. The Morgan fingerprint density at radius 1 is 0.970 bits per heavy atom. The Bertz CT molecular complexity index is 1170. The van der Waals surface area contributed by atoms with E-state index in [2.05, 4.69) is 83.3 Å². The lowest BCUT2D eigenvalue weighted by Crippen LogP contribution is -2.33. The van der Waals surface area contributed by atoms with Crippen LogP contribution < -0.4 is 9.47 Å². The summed E-state index contributed by atoms with van der Waals surface area (Å²) in [6, 6.07) is 23.4. The Labute approximate surface area is 204 Å². The fourth-order valence-electron chi connectivity index (χ4n) is 4.50. The van der Waals surface area contributed by atoms with Gasteiger partial charge in [0.2, 0.25) is 6.23 Å². The summed E-state index contributed by atoms with van der Waals surface area (Å²) in [5.41, 5.74) is 5.79. The van der Waals surface area contributed by atoms with Gasteiger partial charge in [-0.2, -0.15) is 5.10 Å². The van der Waals surface area contributed by atoms with Gasteiger partial charge >= 0.3 is 0 Å². The standard InChI is InChI=1S/C28H29BrN2O2/c1-17(2)19-5-7-21(8-6-19)28-31-26(24-15-22(29)11-14-27(24)33-28)16-25(30-31)20-9-12-23(13-10-20)32-18(3)4/h5-15,17-18,26,28H,16H2,1-4H3. The molecule has 0 saturated heterocycles. The highest BCUT2D eigenvalue weighted by molar-refractivity contribution is 9.10. The van der Waals surface area contributed by atoms with Crippen molar-refractivity contribution in [3.05, 3.63) is 93.5 Å². The highest BCUT2D eigenvalue weighted by Crippen LogP contribution is 2.48. The average molecular weight is 505 g/mol. The van der Waals surface area contributed by atoms with E-state index in [1.807, 2.05) is 32.0 Å². The minimum atomic E-state index is -0.258. The molecule has 0 amide bonds. The van der Waals surface area contributed by atoms with Crippen molar-refractivity contribution in [1.82, 2.24) is 5.01 Å². The van der Waals surface area contributed by atoms with Crippen LogP contribution in [-0.2, 0) is 0 Å². The van der Waals surface area contributed by atoms with Crippen molar-refractivity contribution in [2.45, 2.75) is 58.4 Å². The molecule has 0 bridgehead atoms. The van der Waals surface area contributed by atoms with Crippen LogP contribution in [0.5, 0.6) is 11.5 Å². The van der Waals surface area contributed by atoms with Crippen LogP contribution >= 0.6 is 15.9 Å². The second-order valence-corrected chi connectivity index (χ2v) is 10.2. The Hall–Kier alpha value is -2.79. The molecule has 2 heterocycles. The van der Waals surface area contributed by atoms with Crippen LogP contribution in [0.15, 0.2) is 76.3 Å². The van der Waals surface area contributed by atoms with Gasteiger partial charge in [-0.05, 0) is 73.4 Å². The van der Waals surface area contributed by atoms with E-state index in [1.165, 1.54) is 5.56 Å². The number of rotatable bonds is 5. The van der Waals surface area contributed by atoms with Gasteiger partial charge in [0.25, 0.3) is 0 Å². The molecule has 0 N–H and O–H groups in total. The molecule has 0 spiro atoms. The maximum absolute atomic E-state index is 6.51. The van der Waals surface area contributed by atoms with Crippen LogP contribution in [0.25, 0.3) is 0 Å². The number of halogens is 1. The van der Waals surface area contributed by atoms with Gasteiger partial charge in [0.15, 0.2) is 0 Å². The zero-order valence-electron chi connectivity index (χ0n) is 19.5. The lowest BCUT2D eigenvalue weighted by atomic mass is 9.95. The molecule has 2 aliphatic rings. The molecule has 170 valence electrons. The summed E-state index contributed by atoms with van der Waals surface area (Å²) < 4.78 is 13.4. The smallest absolute Gasteiger partial charge is 0.213 e. The summed E-state index contributed by atoms with van der Waals surface area (Å²) in [5.74, 6) is 2.30. The molecule has 5 heteroatoms. The first-order valence-corrected chi connectivity index (χ1v) is 12.4. The molecule has 0 aliphatic carbocycles. The molecule has 0 aromatic heterocycles. The maximum Gasteiger partial charge on any atom is 0.213 e. The lowest BCUT2D eigenvalue weighted by molar-refractivity contribution is -0.0190. The average Bonchev–Trinajstić information content (AvgIpc) is 3.25. The number of hydrogen-bond donors (Lipinski definition) is 0. The van der Waals surface area contributed by atoms with Gasteiger partial charge in [-0.25, -0.2) is 5.01 Å². The predicted octanol–water partition coefficient (Wildman–Crippen LogP) is 7.60. The fourth-order valence-corrected chi connectivity index (χ4v) is 4.87. The minimum Gasteiger partial charge on any atom is -0.491 e. The summed E-state index contributed by atoms with van der Waals surface area (Å²) >= 11 is 3.63. The summed E-state index contributed by atoms with van der Waals surface area (Å²) in [5, 5.41) is 7.22. The van der Waals surface area contributed by atoms with Crippen LogP contribution in [0.4, 0.5) is 0 Å². The molecule has 5 rings (SSSR count). The van der Waals surface area contributed by atoms with Crippen molar-refractivity contribution >= 4 is 21.6 Å². The van der Waals surface area contributed by atoms with E-state index in [9.17, 15) is 0 Å². The summed E-state index contributed by atoms with van der Waals surface area (Å²) in [4.78, 5) is 0. The number of hydrogen-bond acceptors (Lipinski definition) is 4. The van der Waals surface area contributed by atoms with Crippen LogP contribution in [0.2, 0.25) is 0 Å². The summed E-state index contributed by atoms with van der Waals surface area (Å²) in [6.07, 6.45) is 0.729. The van der Waals surface area contributed by atoms with E-state index in [-0.39, 0.29) is 18.4 Å². The van der Waals surface area contributed by atoms with E-state index < -0.39 is 0 Å². The summed E-state index contributed by atoms with van der Waals surface area (Å²) in [7, 11) is 0. The molecular weight excluding hydrogens is 476 g/mol. The molecule has 2 unspecified atom stereocenters. The SMILES string of the molecule is CC(C)Oc1ccc(C2=NN3C(C2)c2cc(Br)ccc2OC3c2ccc(C(C)C)cc2)cc1. The first-order valence-electron chi connectivity index (χ1n) is 11.6. The molecule has 0 saturated carbocycles. The zero-order chi connectivity index (χ0) is 23.1. The van der Waals surface area contributed by atoms with E-state index in [4.69, 9.17) is 14.6 Å². The van der Waals surface area contributed by atoms with Crippen LogP contribution in [0, 0.1) is 0 Å². The van der Waals surface area contributed by atoms with E-state index in [0.717, 1.165) is 44.8 Å². The van der Waals surface area contributed by atoms with Crippen molar-refractivity contribution in [3.63, 3.8) is 0 Å². The highest BCUT2D eigenvalue weighted by atomic mass is 79.9. The Morgan fingerprint density at radius 3 is 2.36 bits per heavy atom. The monoisotopic (exact) mass is 504 g/mol. The van der Waals surface area contributed by atoms with Crippen molar-refractivity contribution in [2.75, 3.05) is 0 Å². The molecule has 3 aromatic rings. The molecule has 33 heavy (non-hydrogen) atoms. The van der Waals surface area contributed by atoms with Crippen molar-refractivity contribution in [2.24, 2.45) is 5.10 Å². The van der Waals surface area contributed by atoms with Gasteiger partial charge in [-0.1, -0.05) is 54.0 Å². The molecule has 0 radical (unpaired) electrons. The second kappa shape index (κ2) is 8.86. The largest absolute Gasteiger partial charge is 0.491 e. The molecular formula is C28H29BrN2O2. The number of benzene rings is 3. The van der Waals surface area contributed by atoms with Gasteiger partial charge in [-0.15, -0.1) is 0 Å². The van der Waals surface area contributed by atoms with Gasteiger partial charge < -0.3 is 9.47 Å². The van der Waals surface area contributed by atoms with Gasteiger partial charge in [0.05, 0.1) is 17.9 Å². The number of fused-ring (bicyclic) bond motifs is 3. The normalized spacial score (nSPS) is 19.2. The van der Waals surface area contributed by atoms with Crippen molar-refractivity contribution in [3.8, 4) is 11.5 Å². The van der Waals surface area contributed by atoms with Gasteiger partial charge in [0, 0.05) is 22.0 Å². The van der Waals surface area contributed by atoms with Crippen molar-refractivity contribution in [1.29, 1.82) is 0 Å². The van der Waals surface area contributed by atoms with Crippen LogP contribution in [0.1, 0.15) is 74.6 Å². The lowest BCUT2D eigenvalue weighted by Gasteiger charge is -2.38. The highest BCUT2D eigenvalue weighted by Gasteiger charge is 2.41. The van der Waals surface area contributed by atoms with Crippen molar-refractivity contribution < 1.29 is 9.47 Å². The molecule has 3 aromatic carbocycles. The third-order valence-corrected chi connectivity index (χ3v) is 6.69. The van der Waals surface area contributed by atoms with Crippen LogP contribution in [0.3, 0.4) is 0 Å². The summed E-state index contributed by atoms with van der Waals surface area (Å²) in [6.45, 7) is 8.50. The number of nitrogens with zero attached hydrogens (tertiary/aromatic N) is 2. The Morgan fingerprint density at radius 2 is 1.70 bits per heavy atom. The van der Waals surface area contributed by atoms with Crippen LogP contribution in [-0.4, -0.2) is 16.8 Å². The van der Waals surface area contributed by atoms with E-state index >= 15 is 0 Å². The third-order valence-electron chi connectivity index (χ3n) is 6.20. The molecule has 4 nitrogen and oxygen atoms in total. The minimum absolute atomic E-state index is 0.127. The molecule has 2 atom stereocenters. The maximum atomic E-state index is 6.51. The first-order chi connectivity index (χ1) is 15.9. The van der Waals surface area contributed by atoms with E-state index in [0.29, 0.717) is 5.92 Å². The zero-order valence-corrected chi connectivity index (χ0v) is 21.0.